The van der Waals surface area contributed by atoms with Gasteiger partial charge in [0, 0.05) is 24.6 Å². The Morgan fingerprint density at radius 3 is 2.55 bits per heavy atom. The molecule has 1 aromatic carbocycles. The first-order chi connectivity index (χ1) is 9.46. The van der Waals surface area contributed by atoms with Gasteiger partial charge in [0.25, 0.3) is 0 Å². The third kappa shape index (κ3) is 2.99. The van der Waals surface area contributed by atoms with Gasteiger partial charge >= 0.3 is 5.97 Å². The first kappa shape index (κ1) is 15.3. The number of sulfonamides is 1. The minimum Gasteiger partial charge on any atom is -0.478 e. The zero-order valence-corrected chi connectivity index (χ0v) is 12.8. The van der Waals surface area contributed by atoms with Crippen LogP contribution in [0.15, 0.2) is 23.1 Å². The lowest BCUT2D eigenvalue weighted by atomic mass is 10.1. The molecular weight excluding hydrogens is 298 g/mol. The van der Waals surface area contributed by atoms with Crippen molar-refractivity contribution in [1.82, 2.24) is 4.31 Å². The number of thioether (sulfide) groups is 1. The maximum absolute atomic E-state index is 12.7. The van der Waals surface area contributed by atoms with Crippen molar-refractivity contribution in [2.45, 2.75) is 18.2 Å². The molecule has 0 saturated carbocycles. The van der Waals surface area contributed by atoms with Crippen molar-refractivity contribution in [2.75, 3.05) is 24.6 Å². The van der Waals surface area contributed by atoms with E-state index in [1.807, 2.05) is 6.92 Å². The maximum atomic E-state index is 12.7. The smallest absolute Gasteiger partial charge is 0.335 e. The molecule has 1 N–H and O–H groups in total. The van der Waals surface area contributed by atoms with Crippen molar-refractivity contribution in [3.8, 4) is 0 Å². The number of carboxylic acid groups (broad SMARTS) is 1. The first-order valence-electron chi connectivity index (χ1n) is 6.41. The second-order valence-corrected chi connectivity index (χ2v) is 7.63. The van der Waals surface area contributed by atoms with E-state index < -0.39 is 16.0 Å². The summed E-state index contributed by atoms with van der Waals surface area (Å²) in [5.41, 5.74) is 0.667. The van der Waals surface area contributed by atoms with Gasteiger partial charge in [-0.2, -0.15) is 16.1 Å². The first-order valence-corrected chi connectivity index (χ1v) is 9.00. The van der Waals surface area contributed by atoms with E-state index in [-0.39, 0.29) is 10.5 Å². The van der Waals surface area contributed by atoms with Crippen LogP contribution in [0.2, 0.25) is 0 Å². The quantitative estimate of drug-likeness (QED) is 0.915. The van der Waals surface area contributed by atoms with Crippen LogP contribution in [-0.2, 0) is 16.4 Å². The largest absolute Gasteiger partial charge is 0.478 e. The van der Waals surface area contributed by atoms with Crippen LogP contribution in [0, 0.1) is 0 Å². The lowest BCUT2D eigenvalue weighted by Gasteiger charge is -2.26. The summed E-state index contributed by atoms with van der Waals surface area (Å²) in [6.07, 6.45) is 0.553. The molecule has 20 heavy (non-hydrogen) atoms. The predicted molar refractivity (Wildman–Crippen MR) is 78.9 cm³/mol. The Bertz CT molecular complexity index is 607. The van der Waals surface area contributed by atoms with Gasteiger partial charge in [-0.1, -0.05) is 13.0 Å². The van der Waals surface area contributed by atoms with Crippen molar-refractivity contribution in [1.29, 1.82) is 0 Å². The van der Waals surface area contributed by atoms with Gasteiger partial charge in [-0.25, -0.2) is 13.2 Å². The maximum Gasteiger partial charge on any atom is 0.335 e. The van der Waals surface area contributed by atoms with Crippen molar-refractivity contribution in [3.63, 3.8) is 0 Å². The standard InChI is InChI=1S/C13H17NO4S2/c1-2-10-3-4-11(13(15)16)9-12(10)20(17,18)14-5-7-19-8-6-14/h3-4,9H,2,5-8H2,1H3,(H,15,16). The number of aromatic carboxylic acids is 1. The lowest BCUT2D eigenvalue weighted by Crippen LogP contribution is -2.38. The SMILES string of the molecule is CCc1ccc(C(=O)O)cc1S(=O)(=O)N1CCSCC1. The number of hydrogen-bond acceptors (Lipinski definition) is 4. The van der Waals surface area contributed by atoms with E-state index in [1.54, 1.807) is 17.8 Å². The summed E-state index contributed by atoms with van der Waals surface area (Å²) < 4.78 is 26.8. The summed E-state index contributed by atoms with van der Waals surface area (Å²) in [5, 5.41) is 9.04. The topological polar surface area (TPSA) is 74.7 Å². The number of aryl methyl sites for hydroxylation is 1. The number of hydrogen-bond donors (Lipinski definition) is 1. The van der Waals surface area contributed by atoms with Gasteiger partial charge in [0.2, 0.25) is 10.0 Å². The number of nitrogens with zero attached hydrogens (tertiary/aromatic N) is 1. The van der Waals surface area contributed by atoms with Crippen molar-refractivity contribution >= 4 is 27.8 Å². The molecule has 1 aliphatic heterocycles. The van der Waals surface area contributed by atoms with E-state index in [0.717, 1.165) is 11.5 Å². The summed E-state index contributed by atoms with van der Waals surface area (Å²) in [5.74, 6) is 0.442. The van der Waals surface area contributed by atoms with E-state index in [0.29, 0.717) is 25.1 Å². The summed E-state index contributed by atoms with van der Waals surface area (Å²) in [7, 11) is -3.60. The zero-order valence-electron chi connectivity index (χ0n) is 11.2. The summed E-state index contributed by atoms with van der Waals surface area (Å²) in [6.45, 7) is 2.82. The average Bonchev–Trinajstić information content (AvgIpc) is 2.47. The molecule has 1 heterocycles. The van der Waals surface area contributed by atoms with E-state index in [1.165, 1.54) is 16.4 Å². The molecule has 0 radical (unpaired) electrons. The molecule has 0 aliphatic carbocycles. The van der Waals surface area contributed by atoms with Crippen LogP contribution in [0.3, 0.4) is 0 Å². The minimum absolute atomic E-state index is 0.00663. The van der Waals surface area contributed by atoms with E-state index in [4.69, 9.17) is 5.11 Å². The lowest BCUT2D eigenvalue weighted by molar-refractivity contribution is 0.0696. The molecule has 7 heteroatoms. The number of carbonyl (C=O) groups is 1. The zero-order chi connectivity index (χ0) is 14.8. The Kier molecular flexibility index (Phi) is 4.72. The highest BCUT2D eigenvalue weighted by Crippen LogP contribution is 2.25. The van der Waals surface area contributed by atoms with Crippen LogP contribution < -0.4 is 0 Å². The van der Waals surface area contributed by atoms with Crippen LogP contribution in [-0.4, -0.2) is 48.4 Å². The Morgan fingerprint density at radius 1 is 1.35 bits per heavy atom. The Hall–Kier alpha value is -1.05. The average molecular weight is 315 g/mol. The van der Waals surface area contributed by atoms with Crippen LogP contribution >= 0.6 is 11.8 Å². The molecule has 0 amide bonds. The van der Waals surface area contributed by atoms with Gasteiger partial charge in [0.1, 0.15) is 0 Å². The molecule has 1 aliphatic rings. The molecule has 0 spiro atoms. The molecule has 0 aromatic heterocycles. The second kappa shape index (κ2) is 6.15. The Balaban J connectivity index is 2.48. The third-order valence-electron chi connectivity index (χ3n) is 3.28. The van der Waals surface area contributed by atoms with Crippen molar-refractivity contribution in [3.05, 3.63) is 29.3 Å². The fourth-order valence-corrected chi connectivity index (χ4v) is 5.04. The molecule has 0 unspecified atom stereocenters. The second-order valence-electron chi connectivity index (χ2n) is 4.50. The number of rotatable bonds is 4. The van der Waals surface area contributed by atoms with E-state index in [2.05, 4.69) is 0 Å². The van der Waals surface area contributed by atoms with Gasteiger partial charge in [0.05, 0.1) is 10.5 Å². The summed E-state index contributed by atoms with van der Waals surface area (Å²) in [4.78, 5) is 11.2. The predicted octanol–water partition coefficient (Wildman–Crippen LogP) is 1.68. The molecule has 110 valence electrons. The molecule has 1 aromatic rings. The molecule has 5 nitrogen and oxygen atoms in total. The summed E-state index contributed by atoms with van der Waals surface area (Å²) >= 11 is 1.73. The highest BCUT2D eigenvalue weighted by molar-refractivity contribution is 7.99. The van der Waals surface area contributed by atoms with Crippen LogP contribution in [0.1, 0.15) is 22.8 Å². The van der Waals surface area contributed by atoms with Gasteiger partial charge in [-0.15, -0.1) is 0 Å². The van der Waals surface area contributed by atoms with Gasteiger partial charge in [-0.05, 0) is 24.1 Å². The summed E-state index contributed by atoms with van der Waals surface area (Å²) in [6, 6.07) is 4.32. The van der Waals surface area contributed by atoms with Gasteiger partial charge < -0.3 is 5.11 Å². The number of carboxylic acids is 1. The fourth-order valence-electron chi connectivity index (χ4n) is 2.15. The van der Waals surface area contributed by atoms with Crippen molar-refractivity contribution < 1.29 is 18.3 Å². The molecule has 1 fully saturated rings. The minimum atomic E-state index is -3.60. The molecule has 0 bridgehead atoms. The van der Waals surface area contributed by atoms with Crippen LogP contribution in [0.25, 0.3) is 0 Å². The highest BCUT2D eigenvalue weighted by Gasteiger charge is 2.28. The van der Waals surface area contributed by atoms with E-state index >= 15 is 0 Å². The van der Waals surface area contributed by atoms with Gasteiger partial charge in [-0.3, -0.25) is 0 Å². The highest BCUT2D eigenvalue weighted by atomic mass is 32.2. The van der Waals surface area contributed by atoms with Crippen LogP contribution in [0.4, 0.5) is 0 Å². The van der Waals surface area contributed by atoms with Crippen LogP contribution in [0.5, 0.6) is 0 Å². The molecule has 1 saturated heterocycles. The third-order valence-corrected chi connectivity index (χ3v) is 6.21. The monoisotopic (exact) mass is 315 g/mol. The van der Waals surface area contributed by atoms with E-state index in [9.17, 15) is 13.2 Å². The van der Waals surface area contributed by atoms with Gasteiger partial charge in [0.15, 0.2) is 0 Å². The molecule has 0 atom stereocenters. The molecular formula is C13H17NO4S2. The Labute approximate surface area is 123 Å². The fraction of sp³-hybridized carbons (Fsp3) is 0.462. The Morgan fingerprint density at radius 2 is 2.00 bits per heavy atom. The molecule has 2 rings (SSSR count). The van der Waals surface area contributed by atoms with Crippen molar-refractivity contribution in [2.24, 2.45) is 0 Å². The normalized spacial score (nSPS) is 17.1. The number of benzene rings is 1.